The number of anilines is 1. The summed E-state index contributed by atoms with van der Waals surface area (Å²) in [6, 6.07) is 14.2. The van der Waals surface area contributed by atoms with Crippen LogP contribution in [0.3, 0.4) is 0 Å². The van der Waals surface area contributed by atoms with Crippen molar-refractivity contribution in [3.63, 3.8) is 0 Å². The molecule has 0 saturated heterocycles. The van der Waals surface area contributed by atoms with E-state index in [0.29, 0.717) is 6.67 Å². The van der Waals surface area contributed by atoms with Crippen LogP contribution < -0.4 is 14.5 Å². The lowest BCUT2D eigenvalue weighted by Gasteiger charge is -2.20. The largest absolute Gasteiger partial charge is 0.497 e. The molecule has 4 rings (SSSR count). The number of aromatic amines is 1. The van der Waals surface area contributed by atoms with Crippen LogP contribution in [-0.4, -0.2) is 42.3 Å². The van der Waals surface area contributed by atoms with Gasteiger partial charge in [-0.2, -0.15) is 10.2 Å². The average molecular weight is 363 g/mol. The fourth-order valence-electron chi connectivity index (χ4n) is 3.05. The molecule has 0 fully saturated rings. The monoisotopic (exact) mass is 363 g/mol. The summed E-state index contributed by atoms with van der Waals surface area (Å²) in [4.78, 5) is 2.14. The van der Waals surface area contributed by atoms with Crippen molar-refractivity contribution in [3.05, 3.63) is 60.4 Å². The molecule has 1 aliphatic heterocycles. The lowest BCUT2D eigenvalue weighted by molar-refractivity contribution is 0.390. The Morgan fingerprint density at radius 1 is 1.00 bits per heavy atom. The molecule has 1 N–H and O–H groups in total. The van der Waals surface area contributed by atoms with Gasteiger partial charge in [0.25, 0.3) is 0 Å². The van der Waals surface area contributed by atoms with E-state index in [-0.39, 0.29) is 0 Å². The number of nitrogens with one attached hydrogen (secondary N) is 1. The molecule has 27 heavy (non-hydrogen) atoms. The molecular formula is C20H21N5O2. The van der Waals surface area contributed by atoms with E-state index in [1.165, 1.54) is 0 Å². The molecule has 0 saturated carbocycles. The Morgan fingerprint density at radius 2 is 1.74 bits per heavy atom. The second kappa shape index (κ2) is 7.41. The van der Waals surface area contributed by atoms with Gasteiger partial charge in [0.1, 0.15) is 24.5 Å². The minimum atomic E-state index is 0.685. The molecule has 1 aliphatic rings. The third-order valence-corrected chi connectivity index (χ3v) is 4.46. The number of hydrogen-bond donors (Lipinski definition) is 1. The van der Waals surface area contributed by atoms with E-state index in [9.17, 15) is 0 Å². The summed E-state index contributed by atoms with van der Waals surface area (Å²) < 4.78 is 10.7. The van der Waals surface area contributed by atoms with Gasteiger partial charge in [-0.05, 0) is 35.4 Å². The highest BCUT2D eigenvalue weighted by Crippen LogP contribution is 2.26. The van der Waals surface area contributed by atoms with Crippen molar-refractivity contribution in [2.45, 2.75) is 6.54 Å². The Balaban J connectivity index is 1.43. The van der Waals surface area contributed by atoms with Crippen LogP contribution in [0.5, 0.6) is 11.5 Å². The van der Waals surface area contributed by atoms with Crippen LogP contribution in [0.1, 0.15) is 5.56 Å². The van der Waals surface area contributed by atoms with Crippen LogP contribution in [0.15, 0.2) is 60.0 Å². The molecular weight excluding hydrogens is 342 g/mol. The Labute approximate surface area is 157 Å². The molecule has 7 heteroatoms. The highest BCUT2D eigenvalue weighted by Gasteiger charge is 2.16. The Morgan fingerprint density at radius 3 is 2.37 bits per heavy atom. The molecule has 2 aromatic carbocycles. The SMILES string of the molecule is COc1cc(CN2C=NN(c3ccc(-c4cn[nH]c4)cc3)C2)cc(OC)c1. The first-order valence-electron chi connectivity index (χ1n) is 8.62. The number of H-pyrrole nitrogens is 1. The topological polar surface area (TPSA) is 66.0 Å². The van der Waals surface area contributed by atoms with Crippen molar-refractivity contribution in [2.75, 3.05) is 25.9 Å². The van der Waals surface area contributed by atoms with Gasteiger partial charge in [-0.3, -0.25) is 5.10 Å². The molecule has 0 radical (unpaired) electrons. The molecule has 0 bridgehead atoms. The maximum atomic E-state index is 5.34. The van der Waals surface area contributed by atoms with Crippen LogP contribution in [0.4, 0.5) is 5.69 Å². The van der Waals surface area contributed by atoms with Crippen molar-refractivity contribution in [2.24, 2.45) is 5.10 Å². The molecule has 138 valence electrons. The molecule has 2 heterocycles. The first-order chi connectivity index (χ1) is 13.2. The number of methoxy groups -OCH3 is 2. The van der Waals surface area contributed by atoms with E-state index in [0.717, 1.165) is 40.4 Å². The first-order valence-corrected chi connectivity index (χ1v) is 8.62. The second-order valence-electron chi connectivity index (χ2n) is 6.27. The molecule has 0 unspecified atom stereocenters. The quantitative estimate of drug-likeness (QED) is 0.728. The van der Waals surface area contributed by atoms with Gasteiger partial charge >= 0.3 is 0 Å². The average Bonchev–Trinajstić information content (AvgIpc) is 3.40. The zero-order chi connectivity index (χ0) is 18.6. The summed E-state index contributed by atoms with van der Waals surface area (Å²) in [5.41, 5.74) is 4.34. The first kappa shape index (κ1) is 17.0. The molecule has 3 aromatic rings. The van der Waals surface area contributed by atoms with Crippen LogP contribution in [0, 0.1) is 0 Å². The van der Waals surface area contributed by atoms with E-state index in [1.807, 2.05) is 41.9 Å². The standard InChI is InChI=1S/C20H21N5O2/c1-26-19-7-15(8-20(9-19)27-2)12-24-13-23-25(14-24)18-5-3-16(4-6-18)17-10-21-22-11-17/h3-11,13H,12,14H2,1-2H3,(H,21,22). The zero-order valence-electron chi connectivity index (χ0n) is 15.3. The maximum absolute atomic E-state index is 5.34. The molecule has 0 aliphatic carbocycles. The van der Waals surface area contributed by atoms with Gasteiger partial charge in [-0.25, -0.2) is 5.01 Å². The van der Waals surface area contributed by atoms with Gasteiger partial charge in [-0.1, -0.05) is 12.1 Å². The number of nitrogens with zero attached hydrogens (tertiary/aromatic N) is 4. The summed E-state index contributed by atoms with van der Waals surface area (Å²) in [5, 5.41) is 13.3. The third-order valence-electron chi connectivity index (χ3n) is 4.46. The number of aromatic nitrogens is 2. The summed E-state index contributed by atoms with van der Waals surface area (Å²) >= 11 is 0. The predicted octanol–water partition coefficient (Wildman–Crippen LogP) is 3.32. The van der Waals surface area contributed by atoms with Crippen molar-refractivity contribution in [1.29, 1.82) is 0 Å². The van der Waals surface area contributed by atoms with Crippen LogP contribution in [0.2, 0.25) is 0 Å². The number of hydrogen-bond acceptors (Lipinski definition) is 6. The van der Waals surface area contributed by atoms with Gasteiger partial charge in [0.2, 0.25) is 0 Å². The lowest BCUT2D eigenvalue weighted by atomic mass is 10.1. The molecule has 0 spiro atoms. The van der Waals surface area contributed by atoms with E-state index in [1.54, 1.807) is 14.2 Å². The van der Waals surface area contributed by atoms with E-state index < -0.39 is 0 Å². The Kier molecular flexibility index (Phi) is 4.65. The second-order valence-corrected chi connectivity index (χ2v) is 6.27. The number of ether oxygens (including phenoxy) is 2. The molecule has 0 atom stereocenters. The van der Waals surface area contributed by atoms with Gasteiger partial charge in [-0.15, -0.1) is 0 Å². The fraction of sp³-hybridized carbons (Fsp3) is 0.200. The van der Waals surface area contributed by atoms with Crippen molar-refractivity contribution in [1.82, 2.24) is 15.1 Å². The van der Waals surface area contributed by atoms with E-state index in [4.69, 9.17) is 9.47 Å². The zero-order valence-corrected chi connectivity index (χ0v) is 15.3. The van der Waals surface area contributed by atoms with E-state index >= 15 is 0 Å². The molecule has 1 aromatic heterocycles. The van der Waals surface area contributed by atoms with Crippen LogP contribution in [-0.2, 0) is 6.54 Å². The van der Waals surface area contributed by atoms with Gasteiger partial charge < -0.3 is 14.4 Å². The van der Waals surface area contributed by atoms with Crippen LogP contribution >= 0.6 is 0 Å². The summed E-state index contributed by atoms with van der Waals surface area (Å²) in [6.07, 6.45) is 5.55. The Hall–Kier alpha value is -3.48. The highest BCUT2D eigenvalue weighted by atomic mass is 16.5. The van der Waals surface area contributed by atoms with Crippen molar-refractivity contribution in [3.8, 4) is 22.6 Å². The van der Waals surface area contributed by atoms with Gasteiger partial charge in [0, 0.05) is 24.4 Å². The van der Waals surface area contributed by atoms with Crippen LogP contribution in [0.25, 0.3) is 11.1 Å². The van der Waals surface area contributed by atoms with Gasteiger partial charge in [0.05, 0.1) is 26.1 Å². The number of rotatable bonds is 6. The summed E-state index contributed by atoms with van der Waals surface area (Å²) in [5.74, 6) is 1.57. The minimum Gasteiger partial charge on any atom is -0.497 e. The minimum absolute atomic E-state index is 0.685. The Bertz CT molecular complexity index is 900. The van der Waals surface area contributed by atoms with E-state index in [2.05, 4.69) is 44.5 Å². The normalized spacial score (nSPS) is 13.3. The van der Waals surface area contributed by atoms with Crippen molar-refractivity contribution >= 4 is 12.0 Å². The fourth-order valence-corrected chi connectivity index (χ4v) is 3.05. The predicted molar refractivity (Wildman–Crippen MR) is 105 cm³/mol. The smallest absolute Gasteiger partial charge is 0.122 e. The van der Waals surface area contributed by atoms with Crippen molar-refractivity contribution < 1.29 is 9.47 Å². The number of benzene rings is 2. The third kappa shape index (κ3) is 3.72. The highest BCUT2D eigenvalue weighted by molar-refractivity contribution is 5.67. The molecule has 7 nitrogen and oxygen atoms in total. The maximum Gasteiger partial charge on any atom is 0.122 e. The summed E-state index contributed by atoms with van der Waals surface area (Å²) in [6.45, 7) is 1.41. The lowest BCUT2D eigenvalue weighted by Crippen LogP contribution is -2.26. The summed E-state index contributed by atoms with van der Waals surface area (Å²) in [7, 11) is 3.32. The molecule has 0 amide bonds. The van der Waals surface area contributed by atoms with Gasteiger partial charge in [0.15, 0.2) is 0 Å². The number of hydrazone groups is 1.